The van der Waals surface area contributed by atoms with Crippen molar-refractivity contribution in [1.82, 2.24) is 25.0 Å². The predicted molar refractivity (Wildman–Crippen MR) is 51.1 cm³/mol. The first-order valence-electron chi connectivity index (χ1n) is 4.46. The molecule has 7 nitrogen and oxygen atoms in total. The molecule has 0 atom stereocenters. The van der Waals surface area contributed by atoms with Gasteiger partial charge in [0.1, 0.15) is 0 Å². The lowest BCUT2D eigenvalue weighted by Gasteiger charge is -2.15. The number of nitrogens with two attached hydrogens (primary N) is 1. The van der Waals surface area contributed by atoms with E-state index in [0.717, 1.165) is 0 Å². The fourth-order valence-corrected chi connectivity index (χ4v) is 1.09. The smallest absolute Gasteiger partial charge is 0.276 e. The highest BCUT2D eigenvalue weighted by molar-refractivity contribution is 5.43. The highest BCUT2D eigenvalue weighted by Crippen LogP contribution is 2.13. The predicted octanol–water partition coefficient (Wildman–Crippen LogP) is -0.475. The Morgan fingerprint density at radius 2 is 2.25 bits per heavy atom. The summed E-state index contributed by atoms with van der Waals surface area (Å²) in [5, 5.41) is 13.1. The summed E-state index contributed by atoms with van der Waals surface area (Å²) in [5.74, 6) is -2.69. The topological polar surface area (TPSA) is 94.0 Å². The van der Waals surface area contributed by atoms with E-state index in [4.69, 9.17) is 5.73 Å². The van der Waals surface area contributed by atoms with Crippen LogP contribution < -0.4 is 11.1 Å². The van der Waals surface area contributed by atoms with E-state index < -0.39 is 19.0 Å². The van der Waals surface area contributed by atoms with Crippen molar-refractivity contribution in [3.8, 4) is 0 Å². The molecule has 0 saturated carbocycles. The number of nitrogens with zero attached hydrogens (tertiary/aromatic N) is 5. The average molecular weight is 229 g/mol. The molecule has 2 rings (SSSR count). The van der Waals surface area contributed by atoms with Crippen molar-refractivity contribution < 1.29 is 8.78 Å². The third kappa shape index (κ3) is 2.03. The molecule has 0 bridgehead atoms. The molecule has 0 aliphatic heterocycles. The summed E-state index contributed by atoms with van der Waals surface area (Å²) in [6, 6.07) is 0. The third-order valence-electron chi connectivity index (χ3n) is 1.94. The summed E-state index contributed by atoms with van der Waals surface area (Å²) < 4.78 is 27.1. The highest BCUT2D eigenvalue weighted by Gasteiger charge is 2.26. The van der Waals surface area contributed by atoms with Crippen molar-refractivity contribution >= 4 is 11.5 Å². The van der Waals surface area contributed by atoms with Crippen LogP contribution in [-0.2, 0) is 0 Å². The van der Waals surface area contributed by atoms with Crippen LogP contribution in [0.2, 0.25) is 0 Å². The first-order chi connectivity index (χ1) is 7.62. The number of rotatable bonds is 4. The van der Waals surface area contributed by atoms with E-state index >= 15 is 0 Å². The van der Waals surface area contributed by atoms with Crippen LogP contribution in [0.15, 0.2) is 12.4 Å². The van der Waals surface area contributed by atoms with Crippen LogP contribution in [-0.4, -0.2) is 44.0 Å². The Hall–Kier alpha value is -1.90. The summed E-state index contributed by atoms with van der Waals surface area (Å²) in [4.78, 5) is 3.81. The number of hydrogen-bond donors (Lipinski definition) is 2. The Morgan fingerprint density at radius 3 is 3.00 bits per heavy atom. The van der Waals surface area contributed by atoms with Gasteiger partial charge in [-0.25, -0.2) is 8.78 Å². The minimum atomic E-state index is -2.98. The average Bonchev–Trinajstić information content (AvgIpc) is 2.75. The normalized spacial score (nSPS) is 11.9. The molecule has 0 amide bonds. The number of tetrazole rings is 1. The third-order valence-corrected chi connectivity index (χ3v) is 1.94. The monoisotopic (exact) mass is 229 g/mol. The van der Waals surface area contributed by atoms with Crippen molar-refractivity contribution in [2.45, 2.75) is 5.92 Å². The minimum absolute atomic E-state index is 0.288. The molecule has 0 saturated heterocycles. The van der Waals surface area contributed by atoms with Gasteiger partial charge >= 0.3 is 0 Å². The van der Waals surface area contributed by atoms with E-state index in [1.165, 1.54) is 16.9 Å². The second kappa shape index (κ2) is 3.93. The maximum atomic E-state index is 12.9. The van der Waals surface area contributed by atoms with Crippen molar-refractivity contribution in [3.05, 3.63) is 12.4 Å². The number of nitrogens with one attached hydrogen (secondary N) is 1. The van der Waals surface area contributed by atoms with Gasteiger partial charge < -0.3 is 11.1 Å². The standard InChI is InChI=1S/C7H9F2N7/c8-7(9,3-10)4-12-5-1-11-2-6-13-14-15-16(5)6/h1-2,12H,3-4,10H2. The van der Waals surface area contributed by atoms with Gasteiger partial charge in [-0.05, 0) is 10.4 Å². The summed E-state index contributed by atoms with van der Waals surface area (Å²) in [5.41, 5.74) is 5.29. The quantitative estimate of drug-likeness (QED) is 0.735. The van der Waals surface area contributed by atoms with E-state index in [9.17, 15) is 8.78 Å². The van der Waals surface area contributed by atoms with Gasteiger partial charge in [0, 0.05) is 0 Å². The Balaban J connectivity index is 2.18. The Morgan fingerprint density at radius 1 is 1.44 bits per heavy atom. The molecule has 0 aliphatic rings. The number of halogens is 2. The summed E-state index contributed by atoms with van der Waals surface area (Å²) in [7, 11) is 0. The van der Waals surface area contributed by atoms with Crippen LogP contribution in [0.5, 0.6) is 0 Å². The molecule has 2 heterocycles. The van der Waals surface area contributed by atoms with Gasteiger partial charge in [-0.2, -0.15) is 4.52 Å². The molecule has 2 aromatic heterocycles. The molecular weight excluding hydrogens is 220 g/mol. The van der Waals surface area contributed by atoms with Crippen LogP contribution in [0.25, 0.3) is 5.65 Å². The molecule has 0 spiro atoms. The van der Waals surface area contributed by atoms with Gasteiger partial charge in [0.15, 0.2) is 11.5 Å². The van der Waals surface area contributed by atoms with Gasteiger partial charge in [0.2, 0.25) is 0 Å². The number of alkyl halides is 2. The molecule has 0 aromatic carbocycles. The lowest BCUT2D eigenvalue weighted by molar-refractivity contribution is 0.0252. The minimum Gasteiger partial charge on any atom is -0.363 e. The Labute approximate surface area is 88.6 Å². The maximum Gasteiger partial charge on any atom is 0.276 e. The van der Waals surface area contributed by atoms with Crippen molar-refractivity contribution in [2.75, 3.05) is 18.4 Å². The molecule has 0 fully saturated rings. The second-order valence-corrected chi connectivity index (χ2v) is 3.16. The molecule has 0 aliphatic carbocycles. The molecule has 86 valence electrons. The van der Waals surface area contributed by atoms with Crippen molar-refractivity contribution in [1.29, 1.82) is 0 Å². The van der Waals surface area contributed by atoms with Crippen LogP contribution in [0.3, 0.4) is 0 Å². The van der Waals surface area contributed by atoms with Gasteiger partial charge in [0.25, 0.3) is 5.92 Å². The van der Waals surface area contributed by atoms with Gasteiger partial charge in [0.05, 0.1) is 25.5 Å². The van der Waals surface area contributed by atoms with Crippen molar-refractivity contribution in [2.24, 2.45) is 5.73 Å². The summed E-state index contributed by atoms with van der Waals surface area (Å²) in [6.45, 7) is -1.32. The molecule has 3 N–H and O–H groups in total. The molecular formula is C7H9F2N7. The van der Waals surface area contributed by atoms with E-state index in [2.05, 4.69) is 25.8 Å². The highest BCUT2D eigenvalue weighted by atomic mass is 19.3. The molecule has 0 unspecified atom stereocenters. The van der Waals surface area contributed by atoms with E-state index in [1.54, 1.807) is 0 Å². The molecule has 2 aromatic rings. The van der Waals surface area contributed by atoms with Crippen LogP contribution in [0, 0.1) is 0 Å². The number of hydrogen-bond acceptors (Lipinski definition) is 6. The number of fused-ring (bicyclic) bond motifs is 1. The van der Waals surface area contributed by atoms with E-state index in [-0.39, 0.29) is 5.82 Å². The molecule has 16 heavy (non-hydrogen) atoms. The zero-order valence-electron chi connectivity index (χ0n) is 8.14. The summed E-state index contributed by atoms with van der Waals surface area (Å²) >= 11 is 0. The SMILES string of the molecule is NCC(F)(F)CNc1cncc2nnnn12. The largest absolute Gasteiger partial charge is 0.363 e. The molecule has 9 heteroatoms. The van der Waals surface area contributed by atoms with Crippen molar-refractivity contribution in [3.63, 3.8) is 0 Å². The zero-order chi connectivity index (χ0) is 11.6. The van der Waals surface area contributed by atoms with Crippen LogP contribution in [0.4, 0.5) is 14.6 Å². The first-order valence-corrected chi connectivity index (χ1v) is 4.46. The van der Waals surface area contributed by atoms with E-state index in [0.29, 0.717) is 5.65 Å². The maximum absolute atomic E-state index is 12.9. The number of anilines is 1. The second-order valence-electron chi connectivity index (χ2n) is 3.16. The van der Waals surface area contributed by atoms with Gasteiger partial charge in [-0.3, -0.25) is 4.98 Å². The lowest BCUT2D eigenvalue weighted by Crippen LogP contribution is -2.35. The van der Waals surface area contributed by atoms with Gasteiger partial charge in [-0.15, -0.1) is 5.10 Å². The Kier molecular flexibility index (Phi) is 2.60. The van der Waals surface area contributed by atoms with Crippen LogP contribution >= 0.6 is 0 Å². The summed E-state index contributed by atoms with van der Waals surface area (Å²) in [6.07, 6.45) is 2.78. The lowest BCUT2D eigenvalue weighted by atomic mass is 10.3. The Bertz CT molecular complexity index is 482. The zero-order valence-corrected chi connectivity index (χ0v) is 8.14. The molecule has 0 radical (unpaired) electrons. The van der Waals surface area contributed by atoms with Crippen LogP contribution in [0.1, 0.15) is 0 Å². The fraction of sp³-hybridized carbons (Fsp3) is 0.429. The first kappa shape index (κ1) is 10.6. The number of aromatic nitrogens is 5. The van der Waals surface area contributed by atoms with Gasteiger partial charge in [-0.1, -0.05) is 0 Å². The fourth-order valence-electron chi connectivity index (χ4n) is 1.09. The van der Waals surface area contributed by atoms with E-state index in [1.807, 2.05) is 0 Å².